The third kappa shape index (κ3) is 4.47. The average molecular weight is 374 g/mol. The first-order valence-electron chi connectivity index (χ1n) is 9.23. The summed E-state index contributed by atoms with van der Waals surface area (Å²) in [6, 6.07) is 6.61. The molecule has 1 aromatic carbocycles. The number of carbonyl (C=O) groups is 1. The highest BCUT2D eigenvalue weighted by atomic mass is 16.6. The first kappa shape index (κ1) is 18.9. The number of nitro groups is 1. The van der Waals surface area contributed by atoms with E-state index in [4.69, 9.17) is 0 Å². The van der Waals surface area contributed by atoms with Crippen molar-refractivity contribution in [2.45, 2.75) is 19.3 Å². The molecule has 2 saturated heterocycles. The van der Waals surface area contributed by atoms with E-state index in [0.717, 1.165) is 38.4 Å². The van der Waals surface area contributed by atoms with E-state index in [0.29, 0.717) is 25.2 Å². The van der Waals surface area contributed by atoms with Crippen LogP contribution in [0.3, 0.4) is 0 Å². The number of hydrogen-bond acceptors (Lipinski definition) is 5. The number of carbonyl (C=O) groups excluding carboxylic acids is 1. The highest BCUT2D eigenvalue weighted by Gasteiger charge is 2.42. The minimum absolute atomic E-state index is 0.00978. The molecule has 27 heavy (non-hydrogen) atoms. The molecule has 2 aliphatic heterocycles. The molecule has 1 aromatic rings. The summed E-state index contributed by atoms with van der Waals surface area (Å²) < 4.78 is 0. The molecule has 0 aliphatic carbocycles. The van der Waals surface area contributed by atoms with Crippen LogP contribution in [0.2, 0.25) is 0 Å². The van der Waals surface area contributed by atoms with Gasteiger partial charge in [0.25, 0.3) is 5.69 Å². The van der Waals surface area contributed by atoms with Crippen molar-refractivity contribution in [2.75, 3.05) is 45.1 Å². The molecule has 1 amide bonds. The van der Waals surface area contributed by atoms with Crippen molar-refractivity contribution in [3.8, 4) is 0 Å². The van der Waals surface area contributed by atoms with Crippen molar-refractivity contribution in [3.05, 3.63) is 34.4 Å². The van der Waals surface area contributed by atoms with E-state index >= 15 is 0 Å². The molecule has 1 atom stereocenters. The van der Waals surface area contributed by atoms with E-state index in [1.165, 1.54) is 6.07 Å². The second-order valence-electron chi connectivity index (χ2n) is 7.15. The van der Waals surface area contributed by atoms with E-state index in [1.807, 2.05) is 0 Å². The summed E-state index contributed by atoms with van der Waals surface area (Å²) in [6.07, 6.45) is 2.67. The Balaban J connectivity index is 1.51. The molecule has 2 heterocycles. The summed E-state index contributed by atoms with van der Waals surface area (Å²) in [5, 5.41) is 20.4. The Kier molecular flexibility index (Phi) is 5.78. The van der Waals surface area contributed by atoms with Crippen LogP contribution < -0.4 is 16.0 Å². The molecule has 1 spiro atoms. The largest absolute Gasteiger partial charge is 0.378 e. The van der Waals surface area contributed by atoms with Crippen LogP contribution >= 0.6 is 0 Å². The number of guanidine groups is 1. The molecule has 3 rings (SSSR count). The Morgan fingerprint density at radius 2 is 2.22 bits per heavy atom. The van der Waals surface area contributed by atoms with E-state index in [2.05, 4.69) is 25.8 Å². The highest BCUT2D eigenvalue weighted by Crippen LogP contribution is 2.35. The third-order valence-electron chi connectivity index (χ3n) is 5.19. The lowest BCUT2D eigenvalue weighted by atomic mass is 9.79. The van der Waals surface area contributed by atoms with Crippen molar-refractivity contribution in [2.24, 2.45) is 10.4 Å². The number of nitrogens with one attached hydrogen (secondary N) is 3. The fourth-order valence-electron chi connectivity index (χ4n) is 3.92. The van der Waals surface area contributed by atoms with E-state index < -0.39 is 4.92 Å². The number of hydrogen-bond donors (Lipinski definition) is 3. The number of piperidine rings is 1. The van der Waals surface area contributed by atoms with Gasteiger partial charge in [-0.2, -0.15) is 0 Å². The van der Waals surface area contributed by atoms with Crippen LogP contribution in [0.25, 0.3) is 0 Å². The first-order valence-corrected chi connectivity index (χ1v) is 9.23. The number of nitrogens with zero attached hydrogens (tertiary/aromatic N) is 3. The zero-order valence-electron chi connectivity index (χ0n) is 15.5. The molecule has 9 nitrogen and oxygen atoms in total. The van der Waals surface area contributed by atoms with E-state index in [-0.39, 0.29) is 17.0 Å². The van der Waals surface area contributed by atoms with Crippen LogP contribution in [0.5, 0.6) is 0 Å². The molecule has 0 aromatic heterocycles. The maximum absolute atomic E-state index is 11.7. The molecule has 1 unspecified atom stereocenters. The number of likely N-dealkylation sites (tertiary alicyclic amines) is 1. The molecule has 0 saturated carbocycles. The van der Waals surface area contributed by atoms with Gasteiger partial charge in [-0.05, 0) is 18.9 Å². The van der Waals surface area contributed by atoms with E-state index in [1.54, 1.807) is 25.2 Å². The van der Waals surface area contributed by atoms with Gasteiger partial charge in [-0.1, -0.05) is 12.1 Å². The SMILES string of the molecule is CN=C(NCCNc1ccccc1[N+](=O)[O-])N1CCCC2(CNC(=O)C2)C1. The number of rotatable bonds is 5. The number of benzene rings is 1. The smallest absolute Gasteiger partial charge is 0.292 e. The zero-order chi connectivity index (χ0) is 19.3. The first-order chi connectivity index (χ1) is 13.0. The Morgan fingerprint density at radius 3 is 2.93 bits per heavy atom. The fraction of sp³-hybridized carbons (Fsp3) is 0.556. The van der Waals surface area contributed by atoms with Gasteiger partial charge in [0.15, 0.2) is 5.96 Å². The molecular weight excluding hydrogens is 348 g/mol. The highest BCUT2D eigenvalue weighted by molar-refractivity contribution is 5.81. The number of amides is 1. The van der Waals surface area contributed by atoms with Crippen molar-refractivity contribution in [1.82, 2.24) is 15.5 Å². The lowest BCUT2D eigenvalue weighted by Crippen LogP contribution is -2.51. The van der Waals surface area contributed by atoms with Gasteiger partial charge in [0.2, 0.25) is 5.91 Å². The van der Waals surface area contributed by atoms with Crippen molar-refractivity contribution < 1.29 is 9.72 Å². The molecular formula is C18H26N6O3. The predicted octanol–water partition coefficient (Wildman–Crippen LogP) is 1.18. The minimum atomic E-state index is -0.390. The van der Waals surface area contributed by atoms with Gasteiger partial charge in [0.05, 0.1) is 4.92 Å². The lowest BCUT2D eigenvalue weighted by molar-refractivity contribution is -0.384. The maximum Gasteiger partial charge on any atom is 0.292 e. The average Bonchev–Trinajstić information content (AvgIpc) is 3.01. The predicted molar refractivity (Wildman–Crippen MR) is 104 cm³/mol. The van der Waals surface area contributed by atoms with Crippen LogP contribution in [0.15, 0.2) is 29.3 Å². The summed E-state index contributed by atoms with van der Waals surface area (Å²) in [5.74, 6) is 0.936. The monoisotopic (exact) mass is 374 g/mol. The van der Waals surface area contributed by atoms with Crippen LogP contribution in [-0.2, 0) is 4.79 Å². The zero-order valence-corrected chi connectivity index (χ0v) is 15.5. The summed E-state index contributed by atoms with van der Waals surface area (Å²) >= 11 is 0. The summed E-state index contributed by atoms with van der Waals surface area (Å²) in [6.45, 7) is 3.57. The van der Waals surface area contributed by atoms with Gasteiger partial charge in [-0.3, -0.25) is 19.9 Å². The maximum atomic E-state index is 11.7. The standard InChI is InChI=1S/C18H26N6O3/c1-19-17(23-10-4-7-18(13-23)11-16(25)22-12-18)21-9-8-20-14-5-2-3-6-15(14)24(26)27/h2-3,5-6,20H,4,7-13H2,1H3,(H,19,21)(H,22,25). The third-order valence-corrected chi connectivity index (χ3v) is 5.19. The summed E-state index contributed by atoms with van der Waals surface area (Å²) in [4.78, 5) is 28.9. The number of nitro benzene ring substituents is 1. The fourth-order valence-corrected chi connectivity index (χ4v) is 3.92. The quantitative estimate of drug-likeness (QED) is 0.235. The molecule has 2 aliphatic rings. The molecule has 2 fully saturated rings. The van der Waals surface area contributed by atoms with Gasteiger partial charge in [-0.25, -0.2) is 0 Å². The number of aliphatic imine (C=N–C) groups is 1. The van der Waals surface area contributed by atoms with Crippen LogP contribution in [-0.4, -0.2) is 61.5 Å². The molecule has 0 radical (unpaired) electrons. The minimum Gasteiger partial charge on any atom is -0.378 e. The van der Waals surface area contributed by atoms with Crippen LogP contribution in [0, 0.1) is 15.5 Å². The van der Waals surface area contributed by atoms with E-state index in [9.17, 15) is 14.9 Å². The summed E-state index contributed by atoms with van der Waals surface area (Å²) in [7, 11) is 1.75. The Bertz CT molecular complexity index is 738. The molecule has 0 bridgehead atoms. The van der Waals surface area contributed by atoms with Crippen molar-refractivity contribution in [3.63, 3.8) is 0 Å². The molecule has 3 N–H and O–H groups in total. The Labute approximate surface area is 158 Å². The molecule has 146 valence electrons. The van der Waals surface area contributed by atoms with Crippen LogP contribution in [0.1, 0.15) is 19.3 Å². The Morgan fingerprint density at radius 1 is 1.41 bits per heavy atom. The van der Waals surface area contributed by atoms with Crippen LogP contribution in [0.4, 0.5) is 11.4 Å². The van der Waals surface area contributed by atoms with Gasteiger partial charge in [0, 0.05) is 57.7 Å². The van der Waals surface area contributed by atoms with Gasteiger partial charge in [0.1, 0.15) is 5.69 Å². The Hall–Kier alpha value is -2.84. The number of anilines is 1. The van der Waals surface area contributed by atoms with Gasteiger partial charge >= 0.3 is 0 Å². The second-order valence-corrected chi connectivity index (χ2v) is 7.15. The lowest BCUT2D eigenvalue weighted by Gasteiger charge is -2.40. The topological polar surface area (TPSA) is 112 Å². The second kappa shape index (κ2) is 8.24. The van der Waals surface area contributed by atoms with Crippen molar-refractivity contribution in [1.29, 1.82) is 0 Å². The van der Waals surface area contributed by atoms with Gasteiger partial charge < -0.3 is 20.9 Å². The summed E-state index contributed by atoms with van der Waals surface area (Å²) in [5.41, 5.74) is 0.584. The van der Waals surface area contributed by atoms with Gasteiger partial charge in [-0.15, -0.1) is 0 Å². The van der Waals surface area contributed by atoms with Crippen molar-refractivity contribution >= 4 is 23.2 Å². The normalized spacial score (nSPS) is 22.6. The molecule has 9 heteroatoms. The number of para-hydroxylation sites is 2.